The number of aromatic nitrogens is 3. The van der Waals surface area contributed by atoms with Gasteiger partial charge in [-0.2, -0.15) is 4.98 Å². The number of hydrogen-bond donors (Lipinski definition) is 2. The summed E-state index contributed by atoms with van der Waals surface area (Å²) in [5.41, 5.74) is 6.55. The summed E-state index contributed by atoms with van der Waals surface area (Å²) in [6, 6.07) is 9.87. The van der Waals surface area contributed by atoms with E-state index in [1.807, 2.05) is 37.3 Å². The molecule has 1 heterocycles. The van der Waals surface area contributed by atoms with Crippen molar-refractivity contribution >= 4 is 23.6 Å². The van der Waals surface area contributed by atoms with Crippen molar-refractivity contribution in [2.75, 3.05) is 12.8 Å². The number of hydrogen-bond acceptors (Lipinski definition) is 5. The van der Waals surface area contributed by atoms with Gasteiger partial charge in [-0.3, -0.25) is 4.79 Å². The van der Waals surface area contributed by atoms with Gasteiger partial charge in [0.15, 0.2) is 0 Å². The van der Waals surface area contributed by atoms with E-state index in [0.717, 1.165) is 5.56 Å². The van der Waals surface area contributed by atoms with Crippen LogP contribution in [-0.2, 0) is 11.3 Å². The van der Waals surface area contributed by atoms with Gasteiger partial charge in [-0.25, -0.2) is 5.10 Å². The number of nitrogens with zero attached hydrogens (tertiary/aromatic N) is 3. The zero-order chi connectivity index (χ0) is 14.5. The van der Waals surface area contributed by atoms with Gasteiger partial charge < -0.3 is 10.6 Å². The van der Waals surface area contributed by atoms with Crippen LogP contribution in [0.15, 0.2) is 35.5 Å². The summed E-state index contributed by atoms with van der Waals surface area (Å²) in [7, 11) is 1.79. The Labute approximate surface area is 121 Å². The third kappa shape index (κ3) is 3.74. The number of anilines is 1. The van der Waals surface area contributed by atoms with Crippen molar-refractivity contribution in [2.24, 2.45) is 0 Å². The second-order valence-electron chi connectivity index (χ2n) is 4.44. The molecule has 0 fully saturated rings. The molecule has 0 radical (unpaired) electrons. The van der Waals surface area contributed by atoms with Gasteiger partial charge in [-0.1, -0.05) is 42.1 Å². The Bertz CT molecular complexity index is 571. The molecule has 3 N–H and O–H groups in total. The van der Waals surface area contributed by atoms with Crippen molar-refractivity contribution in [1.82, 2.24) is 20.1 Å². The minimum Gasteiger partial charge on any atom is -0.368 e. The van der Waals surface area contributed by atoms with Gasteiger partial charge in [-0.05, 0) is 12.5 Å². The van der Waals surface area contributed by atoms with E-state index in [2.05, 4.69) is 15.2 Å². The second-order valence-corrected chi connectivity index (χ2v) is 5.75. The predicted octanol–water partition coefficient (Wildman–Crippen LogP) is 1.53. The minimum absolute atomic E-state index is 0.0298. The molecule has 106 valence electrons. The maximum absolute atomic E-state index is 12.3. The largest absolute Gasteiger partial charge is 0.368 e. The highest BCUT2D eigenvalue weighted by Crippen LogP contribution is 2.21. The number of carbonyl (C=O) groups excluding carboxylic acids is 1. The number of nitrogen functional groups attached to an aromatic ring is 1. The van der Waals surface area contributed by atoms with Crippen LogP contribution in [0.1, 0.15) is 12.5 Å². The number of H-pyrrole nitrogens is 1. The highest BCUT2D eigenvalue weighted by Gasteiger charge is 2.20. The Morgan fingerprint density at radius 1 is 1.45 bits per heavy atom. The molecule has 0 aliphatic rings. The van der Waals surface area contributed by atoms with E-state index in [9.17, 15) is 4.79 Å². The highest BCUT2D eigenvalue weighted by atomic mass is 32.2. The van der Waals surface area contributed by atoms with Crippen LogP contribution >= 0.6 is 11.8 Å². The number of thioether (sulfide) groups is 1. The molecular formula is C13H17N5OS. The van der Waals surface area contributed by atoms with E-state index >= 15 is 0 Å². The van der Waals surface area contributed by atoms with Crippen LogP contribution in [0.2, 0.25) is 0 Å². The SMILES string of the molecule is C[C@@H](Sc1n[nH]c(N)n1)C(=O)N(C)Cc1ccccc1. The molecule has 1 aromatic heterocycles. The lowest BCUT2D eigenvalue weighted by molar-refractivity contribution is -0.129. The van der Waals surface area contributed by atoms with Crippen molar-refractivity contribution in [1.29, 1.82) is 0 Å². The maximum Gasteiger partial charge on any atom is 0.235 e. The Kier molecular flexibility index (Phi) is 4.62. The van der Waals surface area contributed by atoms with Crippen molar-refractivity contribution in [3.8, 4) is 0 Å². The lowest BCUT2D eigenvalue weighted by Crippen LogP contribution is -2.32. The summed E-state index contributed by atoms with van der Waals surface area (Å²) in [5, 5.41) is 6.68. The van der Waals surface area contributed by atoms with Crippen LogP contribution in [-0.4, -0.2) is 38.3 Å². The smallest absolute Gasteiger partial charge is 0.235 e. The summed E-state index contributed by atoms with van der Waals surface area (Å²) < 4.78 is 0. The Hall–Kier alpha value is -2.02. The second kappa shape index (κ2) is 6.42. The van der Waals surface area contributed by atoms with Crippen LogP contribution in [0.25, 0.3) is 0 Å². The number of amides is 1. The molecular weight excluding hydrogens is 274 g/mol. The van der Waals surface area contributed by atoms with Gasteiger partial charge in [0, 0.05) is 13.6 Å². The number of benzene rings is 1. The molecule has 6 nitrogen and oxygen atoms in total. The van der Waals surface area contributed by atoms with Crippen LogP contribution < -0.4 is 5.73 Å². The molecule has 1 atom stereocenters. The van der Waals surface area contributed by atoms with Gasteiger partial charge in [0.2, 0.25) is 17.0 Å². The molecule has 2 aromatic rings. The average Bonchev–Trinajstić information content (AvgIpc) is 2.84. The first-order valence-electron chi connectivity index (χ1n) is 6.19. The number of carbonyl (C=O) groups is 1. The minimum atomic E-state index is -0.265. The number of nitrogens with two attached hydrogens (primary N) is 1. The topological polar surface area (TPSA) is 87.9 Å². The fourth-order valence-electron chi connectivity index (χ4n) is 1.76. The molecule has 1 aromatic carbocycles. The summed E-state index contributed by atoms with van der Waals surface area (Å²) in [6.45, 7) is 2.42. The molecule has 2 rings (SSSR count). The van der Waals surface area contributed by atoms with Crippen LogP contribution in [0.4, 0.5) is 5.95 Å². The number of rotatable bonds is 5. The van der Waals surface area contributed by atoms with Crippen LogP contribution in [0.5, 0.6) is 0 Å². The fraction of sp³-hybridized carbons (Fsp3) is 0.308. The highest BCUT2D eigenvalue weighted by molar-refractivity contribution is 8.00. The molecule has 0 saturated heterocycles. The zero-order valence-electron chi connectivity index (χ0n) is 11.4. The fourth-order valence-corrected chi connectivity index (χ4v) is 2.61. The normalized spacial score (nSPS) is 12.1. The average molecular weight is 291 g/mol. The maximum atomic E-state index is 12.3. The number of nitrogens with one attached hydrogen (secondary N) is 1. The predicted molar refractivity (Wildman–Crippen MR) is 79.0 cm³/mol. The standard InChI is InChI=1S/C13H17N5OS/c1-9(20-13-15-12(14)16-17-13)11(19)18(2)8-10-6-4-3-5-7-10/h3-7,9H,8H2,1-2H3,(H3,14,15,16,17)/t9-/m1/s1. The Balaban J connectivity index is 1.92. The molecule has 0 aliphatic heterocycles. The summed E-state index contributed by atoms with van der Waals surface area (Å²) in [4.78, 5) is 17.9. The quantitative estimate of drug-likeness (QED) is 0.816. The molecule has 20 heavy (non-hydrogen) atoms. The van der Waals surface area contributed by atoms with Crippen LogP contribution in [0.3, 0.4) is 0 Å². The van der Waals surface area contributed by atoms with Gasteiger partial charge in [-0.15, -0.1) is 5.10 Å². The lowest BCUT2D eigenvalue weighted by Gasteiger charge is -2.20. The Morgan fingerprint density at radius 3 is 2.75 bits per heavy atom. The summed E-state index contributed by atoms with van der Waals surface area (Å²) in [6.07, 6.45) is 0. The molecule has 7 heteroatoms. The third-order valence-corrected chi connectivity index (χ3v) is 3.70. The van der Waals surface area contributed by atoms with Crippen molar-refractivity contribution < 1.29 is 4.79 Å². The van der Waals surface area contributed by atoms with E-state index in [-0.39, 0.29) is 17.1 Å². The van der Waals surface area contributed by atoms with Crippen LogP contribution in [0, 0.1) is 0 Å². The van der Waals surface area contributed by atoms with Gasteiger partial charge in [0.25, 0.3) is 0 Å². The first-order chi connectivity index (χ1) is 9.56. The zero-order valence-corrected chi connectivity index (χ0v) is 12.2. The first-order valence-corrected chi connectivity index (χ1v) is 7.07. The van der Waals surface area contributed by atoms with Gasteiger partial charge in [0.05, 0.1) is 5.25 Å². The molecule has 0 unspecified atom stereocenters. The van der Waals surface area contributed by atoms with E-state index in [1.165, 1.54) is 11.8 Å². The van der Waals surface area contributed by atoms with Crippen molar-refractivity contribution in [3.05, 3.63) is 35.9 Å². The third-order valence-electron chi connectivity index (χ3n) is 2.75. The summed E-state index contributed by atoms with van der Waals surface area (Å²) >= 11 is 1.29. The first kappa shape index (κ1) is 14.4. The van der Waals surface area contributed by atoms with Crippen molar-refractivity contribution in [3.63, 3.8) is 0 Å². The number of aromatic amines is 1. The van der Waals surface area contributed by atoms with E-state index in [4.69, 9.17) is 5.73 Å². The molecule has 0 saturated carbocycles. The van der Waals surface area contributed by atoms with Crippen molar-refractivity contribution in [2.45, 2.75) is 23.9 Å². The molecule has 0 spiro atoms. The van der Waals surface area contributed by atoms with E-state index in [1.54, 1.807) is 11.9 Å². The Morgan fingerprint density at radius 2 is 2.15 bits per heavy atom. The molecule has 0 bridgehead atoms. The lowest BCUT2D eigenvalue weighted by atomic mass is 10.2. The van der Waals surface area contributed by atoms with Gasteiger partial charge in [0.1, 0.15) is 0 Å². The van der Waals surface area contributed by atoms with Gasteiger partial charge >= 0.3 is 0 Å². The summed E-state index contributed by atoms with van der Waals surface area (Å²) in [5.74, 6) is 0.284. The molecule has 0 aliphatic carbocycles. The monoisotopic (exact) mass is 291 g/mol. The molecule has 1 amide bonds. The van der Waals surface area contributed by atoms with E-state index < -0.39 is 0 Å². The van der Waals surface area contributed by atoms with E-state index in [0.29, 0.717) is 11.7 Å².